The number of allylic oxidation sites excluding steroid dienone is 3. The van der Waals surface area contributed by atoms with Gasteiger partial charge in [0.25, 0.3) is 0 Å². The minimum atomic E-state index is -0.245. The van der Waals surface area contributed by atoms with Gasteiger partial charge in [-0.1, -0.05) is 13.0 Å². The molecule has 3 heteroatoms. The number of hydrogen-bond donors (Lipinski definition) is 0. The Morgan fingerprint density at radius 3 is 2.83 bits per heavy atom. The molecule has 3 nitrogen and oxygen atoms in total. The van der Waals surface area contributed by atoms with Crippen LogP contribution >= 0.6 is 0 Å². The minimum Gasteiger partial charge on any atom is -0.427 e. The van der Waals surface area contributed by atoms with Crippen molar-refractivity contribution >= 4 is 11.8 Å². The zero-order valence-electron chi connectivity index (χ0n) is 14.1. The van der Waals surface area contributed by atoms with E-state index in [-0.39, 0.29) is 11.4 Å². The van der Waals surface area contributed by atoms with Crippen molar-refractivity contribution < 1.29 is 14.3 Å². The molecule has 6 unspecified atom stereocenters. The molecule has 0 radical (unpaired) electrons. The van der Waals surface area contributed by atoms with Gasteiger partial charge in [0.15, 0.2) is 0 Å². The fraction of sp³-hybridized carbons (Fsp3) is 0.700. The number of ketones is 1. The molecule has 124 valence electrons. The lowest BCUT2D eigenvalue weighted by atomic mass is 9.52. The molecule has 3 fully saturated rings. The van der Waals surface area contributed by atoms with Crippen LogP contribution in [0.1, 0.15) is 52.4 Å². The highest BCUT2D eigenvalue weighted by Gasteiger charge is 2.56. The molecule has 0 aromatic carbocycles. The van der Waals surface area contributed by atoms with E-state index in [0.717, 1.165) is 25.7 Å². The van der Waals surface area contributed by atoms with Gasteiger partial charge in [-0.3, -0.25) is 9.59 Å². The Hall–Kier alpha value is -1.38. The number of Topliss-reactive ketones (excluding diaryl/α,β-unsaturated/α-hetero) is 1. The highest BCUT2D eigenvalue weighted by Crippen LogP contribution is 2.60. The van der Waals surface area contributed by atoms with E-state index >= 15 is 0 Å². The van der Waals surface area contributed by atoms with Crippen LogP contribution in [-0.2, 0) is 14.3 Å². The molecule has 0 heterocycles. The van der Waals surface area contributed by atoms with Crippen LogP contribution in [0.25, 0.3) is 0 Å². The van der Waals surface area contributed by atoms with Crippen molar-refractivity contribution in [3.8, 4) is 0 Å². The number of hydrogen-bond acceptors (Lipinski definition) is 3. The van der Waals surface area contributed by atoms with E-state index < -0.39 is 0 Å². The molecule has 0 spiro atoms. The van der Waals surface area contributed by atoms with Gasteiger partial charge >= 0.3 is 5.97 Å². The van der Waals surface area contributed by atoms with Gasteiger partial charge in [-0.05, 0) is 73.8 Å². The number of ether oxygens (including phenoxy) is 1. The topological polar surface area (TPSA) is 43.4 Å². The maximum Gasteiger partial charge on any atom is 0.308 e. The van der Waals surface area contributed by atoms with Crippen molar-refractivity contribution in [2.75, 3.05) is 0 Å². The monoisotopic (exact) mass is 314 g/mol. The average molecular weight is 314 g/mol. The number of fused-ring (bicyclic) bond motifs is 5. The molecule has 0 aliphatic heterocycles. The third kappa shape index (κ3) is 2.31. The molecule has 4 aliphatic carbocycles. The Kier molecular flexibility index (Phi) is 3.51. The molecular weight excluding hydrogens is 288 g/mol. The van der Waals surface area contributed by atoms with Crippen LogP contribution in [0.15, 0.2) is 24.0 Å². The predicted molar refractivity (Wildman–Crippen MR) is 87.3 cm³/mol. The van der Waals surface area contributed by atoms with Crippen molar-refractivity contribution in [1.29, 1.82) is 0 Å². The van der Waals surface area contributed by atoms with E-state index in [4.69, 9.17) is 4.74 Å². The van der Waals surface area contributed by atoms with Crippen molar-refractivity contribution in [3.05, 3.63) is 24.0 Å². The molecule has 3 saturated carbocycles. The quantitative estimate of drug-likeness (QED) is 0.686. The van der Waals surface area contributed by atoms with Crippen molar-refractivity contribution in [1.82, 2.24) is 0 Å². The summed E-state index contributed by atoms with van der Waals surface area (Å²) in [6.07, 6.45) is 12.9. The minimum absolute atomic E-state index is 0.0366. The van der Waals surface area contributed by atoms with Gasteiger partial charge in [0.1, 0.15) is 11.5 Å². The Balaban J connectivity index is 1.55. The second-order valence-corrected chi connectivity index (χ2v) is 8.19. The highest BCUT2D eigenvalue weighted by atomic mass is 16.5. The van der Waals surface area contributed by atoms with E-state index in [1.165, 1.54) is 19.8 Å². The number of carbonyl (C=O) groups is 2. The molecule has 4 aliphatic rings. The largest absolute Gasteiger partial charge is 0.427 e. The van der Waals surface area contributed by atoms with Crippen molar-refractivity contribution in [3.63, 3.8) is 0 Å². The van der Waals surface area contributed by atoms with Gasteiger partial charge in [0.2, 0.25) is 0 Å². The van der Waals surface area contributed by atoms with Crippen molar-refractivity contribution in [2.45, 2.75) is 52.4 Å². The Morgan fingerprint density at radius 1 is 1.22 bits per heavy atom. The third-order valence-corrected chi connectivity index (χ3v) is 7.15. The lowest BCUT2D eigenvalue weighted by Crippen LogP contribution is -2.47. The van der Waals surface area contributed by atoms with Crippen LogP contribution in [0.3, 0.4) is 0 Å². The summed E-state index contributed by atoms with van der Waals surface area (Å²) in [6, 6.07) is 0. The Bertz CT molecular complexity index is 602. The van der Waals surface area contributed by atoms with E-state index in [0.29, 0.717) is 41.1 Å². The summed E-state index contributed by atoms with van der Waals surface area (Å²) in [4.78, 5) is 23.5. The van der Waals surface area contributed by atoms with Gasteiger partial charge in [-0.2, -0.15) is 0 Å². The fourth-order valence-electron chi connectivity index (χ4n) is 6.06. The zero-order valence-corrected chi connectivity index (χ0v) is 14.1. The second-order valence-electron chi connectivity index (χ2n) is 8.19. The first-order chi connectivity index (χ1) is 11.0. The molecule has 23 heavy (non-hydrogen) atoms. The van der Waals surface area contributed by atoms with Gasteiger partial charge in [-0.25, -0.2) is 0 Å². The van der Waals surface area contributed by atoms with Crippen LogP contribution in [0.4, 0.5) is 0 Å². The molecular formula is C20H26O3. The lowest BCUT2D eigenvalue weighted by Gasteiger charge is -2.52. The molecule has 0 bridgehead atoms. The molecule has 0 N–H and O–H groups in total. The maximum absolute atomic E-state index is 12.4. The molecule has 0 aromatic heterocycles. The van der Waals surface area contributed by atoms with Gasteiger partial charge in [0.05, 0.1) is 0 Å². The fourth-order valence-corrected chi connectivity index (χ4v) is 6.06. The molecule has 6 atom stereocenters. The van der Waals surface area contributed by atoms with E-state index in [2.05, 4.69) is 19.1 Å². The van der Waals surface area contributed by atoms with Crippen molar-refractivity contribution in [2.24, 2.45) is 35.0 Å². The van der Waals surface area contributed by atoms with Gasteiger partial charge in [0, 0.05) is 18.8 Å². The summed E-state index contributed by atoms with van der Waals surface area (Å²) in [5.74, 6) is 4.05. The zero-order chi connectivity index (χ0) is 16.2. The molecule has 4 rings (SSSR count). The molecule has 0 amide bonds. The second kappa shape index (κ2) is 5.32. The van der Waals surface area contributed by atoms with Gasteiger partial charge in [-0.15, -0.1) is 0 Å². The van der Waals surface area contributed by atoms with E-state index in [1.54, 1.807) is 0 Å². The number of rotatable bonds is 1. The first-order valence-corrected chi connectivity index (χ1v) is 9.11. The maximum atomic E-state index is 12.4. The standard InChI is InChI=1S/C20H26O3/c1-12(21)23-14-4-6-15-13(11-14)3-5-17-16(15)9-10-20(2)18(17)7-8-19(20)22/h4,6,11,13,15-18H,3,5,7-10H2,1-2H3. The normalized spacial score (nSPS) is 44.9. The SMILES string of the molecule is CC(=O)OC1=CC2CCC3C(CCC4(C)C(=O)CCC34)C2C=C1. The molecule has 0 saturated heterocycles. The Labute approximate surface area is 138 Å². The summed E-state index contributed by atoms with van der Waals surface area (Å²) < 4.78 is 5.27. The third-order valence-electron chi connectivity index (χ3n) is 7.15. The van der Waals surface area contributed by atoms with Crippen LogP contribution in [0.2, 0.25) is 0 Å². The molecule has 0 aromatic rings. The first kappa shape index (κ1) is 15.2. The van der Waals surface area contributed by atoms with Crippen LogP contribution < -0.4 is 0 Å². The predicted octanol–water partition coefficient (Wildman–Crippen LogP) is 4.04. The summed E-state index contributed by atoms with van der Waals surface area (Å²) in [5, 5.41) is 0. The van der Waals surface area contributed by atoms with Gasteiger partial charge < -0.3 is 4.74 Å². The smallest absolute Gasteiger partial charge is 0.308 e. The van der Waals surface area contributed by atoms with Crippen LogP contribution in [0.5, 0.6) is 0 Å². The highest BCUT2D eigenvalue weighted by molar-refractivity contribution is 5.87. The summed E-state index contributed by atoms with van der Waals surface area (Å²) in [5.41, 5.74) is -0.0366. The average Bonchev–Trinajstić information content (AvgIpc) is 2.82. The van der Waals surface area contributed by atoms with Crippen LogP contribution in [0, 0.1) is 35.0 Å². The number of esters is 1. The van der Waals surface area contributed by atoms with E-state index in [9.17, 15) is 9.59 Å². The number of carbonyl (C=O) groups excluding carboxylic acids is 2. The summed E-state index contributed by atoms with van der Waals surface area (Å²) >= 11 is 0. The summed E-state index contributed by atoms with van der Waals surface area (Å²) in [6.45, 7) is 3.68. The van der Waals surface area contributed by atoms with Crippen LogP contribution in [-0.4, -0.2) is 11.8 Å². The summed E-state index contributed by atoms with van der Waals surface area (Å²) in [7, 11) is 0. The van der Waals surface area contributed by atoms with E-state index in [1.807, 2.05) is 6.08 Å². The Morgan fingerprint density at radius 2 is 2.04 bits per heavy atom. The first-order valence-electron chi connectivity index (χ1n) is 9.11. The lowest BCUT2D eigenvalue weighted by molar-refractivity contribution is -0.136.